The Morgan fingerprint density at radius 2 is 2.10 bits per heavy atom. The quantitative estimate of drug-likeness (QED) is 0.576. The summed E-state index contributed by atoms with van der Waals surface area (Å²) in [6.07, 6.45) is 6.27. The van der Waals surface area contributed by atoms with Crippen molar-refractivity contribution in [3.63, 3.8) is 0 Å². The summed E-state index contributed by atoms with van der Waals surface area (Å²) in [6.45, 7) is 3.49. The first kappa shape index (κ1) is 20.7. The molecule has 4 rings (SSSR count). The maximum absolute atomic E-state index is 13.1. The van der Waals surface area contributed by atoms with Gasteiger partial charge in [0.1, 0.15) is 11.5 Å². The molecule has 1 unspecified atom stereocenters. The Kier molecular flexibility index (Phi) is 6.23. The van der Waals surface area contributed by atoms with Gasteiger partial charge in [-0.3, -0.25) is 9.48 Å². The Balaban J connectivity index is 1.43. The number of aromatic nitrogens is 3. The lowest BCUT2D eigenvalue weighted by atomic mass is 9.97. The number of carbonyl (C=O) groups is 1. The van der Waals surface area contributed by atoms with Gasteiger partial charge in [0.25, 0.3) is 5.91 Å². The molecular formula is C23H27ClN4O2. The molecule has 1 amide bonds. The van der Waals surface area contributed by atoms with Crippen molar-refractivity contribution >= 4 is 17.5 Å². The molecule has 0 saturated carbocycles. The molecule has 0 N–H and O–H groups in total. The summed E-state index contributed by atoms with van der Waals surface area (Å²) >= 11 is 5.96. The highest BCUT2D eigenvalue weighted by atomic mass is 35.5. The lowest BCUT2D eigenvalue weighted by Crippen LogP contribution is -2.40. The summed E-state index contributed by atoms with van der Waals surface area (Å²) in [5.74, 6) is 1.69. The van der Waals surface area contributed by atoms with E-state index in [9.17, 15) is 4.79 Å². The zero-order chi connectivity index (χ0) is 21.1. The van der Waals surface area contributed by atoms with Crippen LogP contribution in [0.15, 0.2) is 40.9 Å². The number of nitrogens with zero attached hydrogens (tertiary/aromatic N) is 4. The van der Waals surface area contributed by atoms with Crippen molar-refractivity contribution in [1.29, 1.82) is 0 Å². The highest BCUT2D eigenvalue weighted by Gasteiger charge is 2.29. The summed E-state index contributed by atoms with van der Waals surface area (Å²) in [6, 6.07) is 9.66. The highest BCUT2D eigenvalue weighted by Crippen LogP contribution is 2.28. The van der Waals surface area contributed by atoms with E-state index in [0.717, 1.165) is 54.3 Å². The highest BCUT2D eigenvalue weighted by molar-refractivity contribution is 6.30. The zero-order valence-electron chi connectivity index (χ0n) is 17.5. The fraction of sp³-hybridized carbons (Fsp3) is 0.435. The number of hydrogen-bond acceptors (Lipinski definition) is 4. The lowest BCUT2D eigenvalue weighted by Gasteiger charge is -2.31. The van der Waals surface area contributed by atoms with Crippen molar-refractivity contribution in [2.75, 3.05) is 13.1 Å². The summed E-state index contributed by atoms with van der Waals surface area (Å²) in [5.41, 5.74) is 2.74. The van der Waals surface area contributed by atoms with Crippen molar-refractivity contribution in [2.24, 2.45) is 7.05 Å². The predicted octanol–water partition coefficient (Wildman–Crippen LogP) is 4.62. The van der Waals surface area contributed by atoms with Gasteiger partial charge in [-0.15, -0.1) is 0 Å². The van der Waals surface area contributed by atoms with Crippen molar-refractivity contribution in [2.45, 2.75) is 44.9 Å². The van der Waals surface area contributed by atoms with Gasteiger partial charge in [-0.25, -0.2) is 4.98 Å². The number of carbonyl (C=O) groups excluding carboxylic acids is 1. The molecule has 1 fully saturated rings. The van der Waals surface area contributed by atoms with E-state index < -0.39 is 0 Å². The zero-order valence-corrected chi connectivity index (χ0v) is 18.2. The molecule has 158 valence electrons. The Labute approximate surface area is 181 Å². The van der Waals surface area contributed by atoms with E-state index in [4.69, 9.17) is 16.0 Å². The largest absolute Gasteiger partial charge is 0.445 e. The number of amides is 1. The van der Waals surface area contributed by atoms with Gasteiger partial charge in [-0.1, -0.05) is 37.1 Å². The van der Waals surface area contributed by atoms with E-state index in [-0.39, 0.29) is 11.8 Å². The Hall–Kier alpha value is -2.60. The van der Waals surface area contributed by atoms with E-state index in [0.29, 0.717) is 24.6 Å². The van der Waals surface area contributed by atoms with Gasteiger partial charge in [0.2, 0.25) is 0 Å². The second kappa shape index (κ2) is 9.04. The molecule has 2 aromatic heterocycles. The maximum atomic E-state index is 13.1. The third-order valence-corrected chi connectivity index (χ3v) is 5.83. The number of hydrogen-bond donors (Lipinski definition) is 0. The molecule has 1 saturated heterocycles. The van der Waals surface area contributed by atoms with E-state index in [1.165, 1.54) is 0 Å². The molecule has 0 bridgehead atoms. The number of oxazole rings is 1. The maximum Gasteiger partial charge on any atom is 0.272 e. The first-order valence-corrected chi connectivity index (χ1v) is 10.9. The summed E-state index contributed by atoms with van der Waals surface area (Å²) in [4.78, 5) is 19.5. The first-order chi connectivity index (χ1) is 14.5. The van der Waals surface area contributed by atoms with Crippen LogP contribution in [0.5, 0.6) is 0 Å². The molecule has 6 nitrogen and oxygen atoms in total. The van der Waals surface area contributed by atoms with E-state index >= 15 is 0 Å². The van der Waals surface area contributed by atoms with Crippen LogP contribution in [-0.4, -0.2) is 38.7 Å². The van der Waals surface area contributed by atoms with Crippen LogP contribution in [0.25, 0.3) is 0 Å². The smallest absolute Gasteiger partial charge is 0.272 e. The fourth-order valence-corrected chi connectivity index (χ4v) is 4.15. The van der Waals surface area contributed by atoms with Crippen LogP contribution >= 0.6 is 11.6 Å². The van der Waals surface area contributed by atoms with Gasteiger partial charge in [0.15, 0.2) is 5.89 Å². The van der Waals surface area contributed by atoms with E-state index in [1.807, 2.05) is 42.3 Å². The topological polar surface area (TPSA) is 64.2 Å². The number of piperidine rings is 1. The molecule has 1 aromatic carbocycles. The molecule has 3 aromatic rings. The van der Waals surface area contributed by atoms with Crippen LogP contribution in [0.1, 0.15) is 65.5 Å². The molecular weight excluding hydrogens is 400 g/mol. The molecule has 1 aliphatic rings. The molecule has 3 heterocycles. The fourth-order valence-electron chi connectivity index (χ4n) is 4.03. The second-order valence-electron chi connectivity index (χ2n) is 7.95. The van der Waals surface area contributed by atoms with Gasteiger partial charge in [0.05, 0.1) is 17.8 Å². The molecule has 30 heavy (non-hydrogen) atoms. The average Bonchev–Trinajstić information content (AvgIpc) is 3.36. The normalized spacial score (nSPS) is 16.8. The second-order valence-corrected chi connectivity index (χ2v) is 8.39. The third kappa shape index (κ3) is 4.59. The van der Waals surface area contributed by atoms with Crippen LogP contribution in [0.2, 0.25) is 5.02 Å². The standard InChI is InChI=1S/C23H27ClN4O2/c1-3-5-19-13-21(27(2)26-19)23(29)28-11-4-6-17(15-28)22-25-14-20(30-22)12-16-7-9-18(24)10-8-16/h7-10,13-14,17H,3-6,11-12,15H2,1-2H3. The average molecular weight is 427 g/mol. The minimum Gasteiger partial charge on any atom is -0.445 e. The SMILES string of the molecule is CCCc1cc(C(=O)N2CCCC(c3ncc(Cc4ccc(Cl)cc4)o3)C2)n(C)n1. The molecule has 1 aliphatic heterocycles. The monoisotopic (exact) mass is 426 g/mol. The minimum absolute atomic E-state index is 0.0324. The number of likely N-dealkylation sites (tertiary alicyclic amines) is 1. The minimum atomic E-state index is 0.0324. The number of halogens is 1. The predicted molar refractivity (Wildman–Crippen MR) is 116 cm³/mol. The molecule has 7 heteroatoms. The van der Waals surface area contributed by atoms with Gasteiger partial charge >= 0.3 is 0 Å². The van der Waals surface area contributed by atoms with Gasteiger partial charge in [-0.2, -0.15) is 5.10 Å². The van der Waals surface area contributed by atoms with Crippen LogP contribution in [0.3, 0.4) is 0 Å². The summed E-state index contributed by atoms with van der Waals surface area (Å²) in [5, 5.41) is 5.19. The van der Waals surface area contributed by atoms with Crippen molar-refractivity contribution in [1.82, 2.24) is 19.7 Å². The lowest BCUT2D eigenvalue weighted by molar-refractivity contribution is 0.0686. The van der Waals surface area contributed by atoms with Gasteiger partial charge in [-0.05, 0) is 43.0 Å². The summed E-state index contributed by atoms with van der Waals surface area (Å²) < 4.78 is 7.75. The van der Waals surface area contributed by atoms with Crippen molar-refractivity contribution in [3.8, 4) is 0 Å². The molecule has 1 atom stereocenters. The van der Waals surface area contributed by atoms with Gasteiger partial charge < -0.3 is 9.32 Å². The number of aryl methyl sites for hydroxylation is 2. The first-order valence-electron chi connectivity index (χ1n) is 10.5. The Bertz CT molecular complexity index is 1010. The molecule has 0 radical (unpaired) electrons. The molecule has 0 spiro atoms. The van der Waals surface area contributed by atoms with E-state index in [1.54, 1.807) is 10.9 Å². The van der Waals surface area contributed by atoms with Crippen molar-refractivity contribution in [3.05, 3.63) is 70.2 Å². The van der Waals surface area contributed by atoms with Gasteiger partial charge in [0, 0.05) is 31.6 Å². The third-order valence-electron chi connectivity index (χ3n) is 5.58. The van der Waals surface area contributed by atoms with Crippen LogP contribution in [-0.2, 0) is 19.9 Å². The van der Waals surface area contributed by atoms with Crippen molar-refractivity contribution < 1.29 is 9.21 Å². The van der Waals surface area contributed by atoms with Crippen LogP contribution in [0, 0.1) is 0 Å². The van der Waals surface area contributed by atoms with E-state index in [2.05, 4.69) is 17.0 Å². The molecule has 0 aliphatic carbocycles. The Morgan fingerprint density at radius 1 is 1.30 bits per heavy atom. The Morgan fingerprint density at radius 3 is 2.87 bits per heavy atom. The van der Waals surface area contributed by atoms with Crippen LogP contribution in [0.4, 0.5) is 0 Å². The van der Waals surface area contributed by atoms with Crippen LogP contribution < -0.4 is 0 Å². The number of benzene rings is 1. The number of rotatable bonds is 6. The summed E-state index contributed by atoms with van der Waals surface area (Å²) in [7, 11) is 1.84.